The van der Waals surface area contributed by atoms with E-state index in [9.17, 15) is 14.4 Å². The van der Waals surface area contributed by atoms with Crippen LogP contribution < -0.4 is 5.32 Å². The van der Waals surface area contributed by atoms with Gasteiger partial charge < -0.3 is 4.74 Å². The summed E-state index contributed by atoms with van der Waals surface area (Å²) in [5, 5.41) is 3.85. The van der Waals surface area contributed by atoms with Crippen LogP contribution in [0, 0.1) is 11.8 Å². The third kappa shape index (κ3) is 2.55. The maximum absolute atomic E-state index is 12.7. The second kappa shape index (κ2) is 6.42. The zero-order chi connectivity index (χ0) is 18.4. The highest BCUT2D eigenvalue weighted by molar-refractivity contribution is 6.30. The van der Waals surface area contributed by atoms with Crippen molar-refractivity contribution in [1.82, 2.24) is 10.2 Å². The van der Waals surface area contributed by atoms with Gasteiger partial charge in [-0.3, -0.25) is 24.6 Å². The molecular weight excluding hydrogens is 344 g/mol. The molecule has 2 aliphatic rings. The minimum Gasteiger partial charge on any atom is -0.465 e. The number of benzene rings is 1. The Morgan fingerprint density at radius 2 is 1.88 bits per heavy atom. The van der Waals surface area contributed by atoms with Crippen molar-refractivity contribution in [3.05, 3.63) is 34.9 Å². The highest BCUT2D eigenvalue weighted by Gasteiger charge is 2.67. The second-order valence-electron chi connectivity index (χ2n) is 6.46. The lowest BCUT2D eigenvalue weighted by Crippen LogP contribution is -2.55. The average molecular weight is 365 g/mol. The molecule has 0 aromatic heterocycles. The van der Waals surface area contributed by atoms with Crippen LogP contribution in [0.2, 0.25) is 5.02 Å². The number of nitrogens with one attached hydrogen (secondary N) is 1. The summed E-state index contributed by atoms with van der Waals surface area (Å²) in [6.45, 7) is 3.75. The van der Waals surface area contributed by atoms with Gasteiger partial charge in [-0.25, -0.2) is 0 Å². The molecule has 1 N–H and O–H groups in total. The van der Waals surface area contributed by atoms with Gasteiger partial charge in [0.1, 0.15) is 5.54 Å². The number of halogens is 1. The van der Waals surface area contributed by atoms with Gasteiger partial charge in [-0.05, 0) is 31.0 Å². The van der Waals surface area contributed by atoms with E-state index >= 15 is 0 Å². The van der Waals surface area contributed by atoms with E-state index < -0.39 is 29.4 Å². The number of rotatable bonds is 4. The van der Waals surface area contributed by atoms with E-state index in [1.165, 1.54) is 7.05 Å². The summed E-state index contributed by atoms with van der Waals surface area (Å²) in [5.41, 5.74) is -0.391. The molecule has 0 bridgehead atoms. The number of hydrogen-bond donors (Lipinski definition) is 1. The summed E-state index contributed by atoms with van der Waals surface area (Å²) in [7, 11) is 1.47. The predicted octanol–water partition coefficient (Wildman–Crippen LogP) is 1.93. The van der Waals surface area contributed by atoms with Crippen LogP contribution >= 0.6 is 11.6 Å². The van der Waals surface area contributed by atoms with Crippen LogP contribution in [-0.4, -0.2) is 41.9 Å². The third-order valence-corrected chi connectivity index (χ3v) is 5.55. The Bertz CT molecular complexity index is 720. The van der Waals surface area contributed by atoms with Crippen molar-refractivity contribution in [2.45, 2.75) is 31.8 Å². The van der Waals surface area contributed by atoms with Gasteiger partial charge in [-0.1, -0.05) is 30.7 Å². The number of imide groups is 1. The largest absolute Gasteiger partial charge is 0.465 e. The molecule has 3 rings (SSSR count). The number of esters is 1. The molecule has 0 saturated carbocycles. The quantitative estimate of drug-likeness (QED) is 0.652. The van der Waals surface area contributed by atoms with E-state index in [0.29, 0.717) is 11.4 Å². The second-order valence-corrected chi connectivity index (χ2v) is 6.89. The number of likely N-dealkylation sites (tertiary alicyclic amines) is 1. The Balaban J connectivity index is 2.10. The normalized spacial score (nSPS) is 31.4. The summed E-state index contributed by atoms with van der Waals surface area (Å²) >= 11 is 5.96. The molecule has 2 fully saturated rings. The molecule has 25 heavy (non-hydrogen) atoms. The van der Waals surface area contributed by atoms with Gasteiger partial charge in [0.25, 0.3) is 0 Å². The zero-order valence-corrected chi connectivity index (χ0v) is 15.2. The van der Waals surface area contributed by atoms with Gasteiger partial charge in [-0.2, -0.15) is 0 Å². The summed E-state index contributed by atoms with van der Waals surface area (Å²) in [4.78, 5) is 39.3. The topological polar surface area (TPSA) is 75.7 Å². The van der Waals surface area contributed by atoms with Gasteiger partial charge in [-0.15, -0.1) is 0 Å². The maximum Gasteiger partial charge on any atom is 0.327 e. The summed E-state index contributed by atoms with van der Waals surface area (Å²) in [5.74, 6) is -2.51. The third-order valence-electron chi connectivity index (χ3n) is 5.30. The Labute approximate surface area is 151 Å². The van der Waals surface area contributed by atoms with Crippen molar-refractivity contribution in [3.8, 4) is 0 Å². The van der Waals surface area contributed by atoms with Crippen LogP contribution in [-0.2, 0) is 19.1 Å². The van der Waals surface area contributed by atoms with E-state index in [-0.39, 0.29) is 18.4 Å². The summed E-state index contributed by atoms with van der Waals surface area (Å²) < 4.78 is 5.25. The molecule has 134 valence electrons. The van der Waals surface area contributed by atoms with Crippen LogP contribution in [0.25, 0.3) is 0 Å². The van der Waals surface area contributed by atoms with Gasteiger partial charge in [0.15, 0.2) is 0 Å². The van der Waals surface area contributed by atoms with Gasteiger partial charge in [0, 0.05) is 18.1 Å². The molecule has 2 amide bonds. The Kier molecular flexibility index (Phi) is 4.60. The van der Waals surface area contributed by atoms with Crippen molar-refractivity contribution < 1.29 is 19.1 Å². The number of ether oxygens (including phenoxy) is 1. The van der Waals surface area contributed by atoms with Crippen molar-refractivity contribution >= 4 is 29.4 Å². The molecule has 0 aliphatic carbocycles. The van der Waals surface area contributed by atoms with Crippen molar-refractivity contribution in [3.63, 3.8) is 0 Å². The Morgan fingerprint density at radius 3 is 2.44 bits per heavy atom. The first-order valence-corrected chi connectivity index (χ1v) is 8.77. The SMILES string of the molecule is CCOC(=O)[C@]1(CC)N[C@@H](c2ccc(Cl)cc2)[C@H]2C(=O)N(C)C(=O)[C@H]21. The fourth-order valence-electron chi connectivity index (χ4n) is 4.02. The molecule has 7 heteroatoms. The van der Waals surface area contributed by atoms with Gasteiger partial charge in [0.05, 0.1) is 18.4 Å². The standard InChI is InChI=1S/C18H21ClN2O4/c1-4-18(17(24)25-5-2)13-12(15(22)21(3)16(13)23)14(20-18)10-6-8-11(19)9-7-10/h6-9,12-14,20H,4-5H2,1-3H3/t12-,13-,14-,18+/m0/s1. The molecule has 0 spiro atoms. The smallest absolute Gasteiger partial charge is 0.327 e. The van der Waals surface area contributed by atoms with Crippen LogP contribution in [0.1, 0.15) is 31.9 Å². The molecule has 2 heterocycles. The first-order valence-electron chi connectivity index (χ1n) is 8.39. The molecule has 4 atom stereocenters. The van der Waals surface area contributed by atoms with E-state index in [4.69, 9.17) is 16.3 Å². The summed E-state index contributed by atoms with van der Waals surface area (Å²) in [6.07, 6.45) is 0.351. The maximum atomic E-state index is 12.7. The summed E-state index contributed by atoms with van der Waals surface area (Å²) in [6, 6.07) is 6.63. The number of fused-ring (bicyclic) bond motifs is 1. The molecule has 2 aliphatic heterocycles. The molecule has 1 aromatic rings. The molecular formula is C18H21ClN2O4. The number of carbonyl (C=O) groups is 3. The lowest BCUT2D eigenvalue weighted by atomic mass is 9.78. The van der Waals surface area contributed by atoms with Crippen molar-refractivity contribution in [2.24, 2.45) is 11.8 Å². The van der Waals surface area contributed by atoms with Crippen LogP contribution in [0.5, 0.6) is 0 Å². The highest BCUT2D eigenvalue weighted by atomic mass is 35.5. The highest BCUT2D eigenvalue weighted by Crippen LogP contribution is 2.50. The Hall–Kier alpha value is -1.92. The average Bonchev–Trinajstić information content (AvgIpc) is 3.06. The molecule has 0 unspecified atom stereocenters. The lowest BCUT2D eigenvalue weighted by Gasteiger charge is -2.31. The number of amides is 2. The zero-order valence-electron chi connectivity index (χ0n) is 14.4. The van der Waals surface area contributed by atoms with Gasteiger partial charge in [0.2, 0.25) is 11.8 Å². The molecule has 2 saturated heterocycles. The molecule has 0 radical (unpaired) electrons. The van der Waals surface area contributed by atoms with E-state index in [0.717, 1.165) is 10.5 Å². The fourth-order valence-corrected chi connectivity index (χ4v) is 4.15. The minimum absolute atomic E-state index is 0.212. The van der Waals surface area contributed by atoms with Gasteiger partial charge >= 0.3 is 5.97 Å². The van der Waals surface area contributed by atoms with Crippen LogP contribution in [0.3, 0.4) is 0 Å². The monoisotopic (exact) mass is 364 g/mol. The lowest BCUT2D eigenvalue weighted by molar-refractivity contribution is -0.156. The molecule has 6 nitrogen and oxygen atoms in total. The fraction of sp³-hybridized carbons (Fsp3) is 0.500. The Morgan fingerprint density at radius 1 is 1.24 bits per heavy atom. The number of carbonyl (C=O) groups excluding carboxylic acids is 3. The van der Waals surface area contributed by atoms with Crippen molar-refractivity contribution in [1.29, 1.82) is 0 Å². The minimum atomic E-state index is -1.21. The molecule has 1 aromatic carbocycles. The predicted molar refractivity (Wildman–Crippen MR) is 91.7 cm³/mol. The van der Waals surface area contributed by atoms with Crippen molar-refractivity contribution in [2.75, 3.05) is 13.7 Å². The first-order chi connectivity index (χ1) is 11.9. The van der Waals surface area contributed by atoms with E-state index in [1.54, 1.807) is 19.1 Å². The van der Waals surface area contributed by atoms with E-state index in [2.05, 4.69) is 5.32 Å². The first kappa shape index (κ1) is 17.9. The number of nitrogens with zero attached hydrogens (tertiary/aromatic N) is 1. The van der Waals surface area contributed by atoms with E-state index in [1.807, 2.05) is 19.1 Å². The van der Waals surface area contributed by atoms with Crippen LogP contribution in [0.15, 0.2) is 24.3 Å². The number of hydrogen-bond acceptors (Lipinski definition) is 5. The van der Waals surface area contributed by atoms with Crippen LogP contribution in [0.4, 0.5) is 0 Å².